The lowest BCUT2D eigenvalue weighted by Crippen LogP contribution is -2.40. The smallest absolute Gasteiger partial charge is 0.238 e. The van der Waals surface area contributed by atoms with Crippen molar-refractivity contribution in [2.45, 2.75) is 12.5 Å². The van der Waals surface area contributed by atoms with Crippen LogP contribution in [-0.4, -0.2) is 23.9 Å². The normalized spacial score (nSPS) is 17.1. The van der Waals surface area contributed by atoms with Gasteiger partial charge in [-0.3, -0.25) is 9.69 Å². The van der Waals surface area contributed by atoms with Gasteiger partial charge in [-0.15, -0.1) is 22.7 Å². The number of amides is 1. The van der Waals surface area contributed by atoms with Gasteiger partial charge in [-0.25, -0.2) is 0 Å². The Morgan fingerprint density at radius 1 is 1.15 bits per heavy atom. The molecule has 1 N–H and O–H groups in total. The average Bonchev–Trinajstić information content (AvgIpc) is 3.30. The number of fused-ring (bicyclic) bond motifs is 1. The third kappa shape index (κ3) is 3.55. The molecule has 7 heteroatoms. The fourth-order valence-electron chi connectivity index (χ4n) is 3.29. The molecule has 1 amide bonds. The van der Waals surface area contributed by atoms with Crippen molar-refractivity contribution >= 4 is 57.5 Å². The molecular weight excluding hydrogens is 407 g/mol. The topological polar surface area (TPSA) is 32.3 Å². The SMILES string of the molecule is O=C(CN1CCc2sccc2[C@@H]1c1cccs1)Nc1cccc(Cl)c1Cl. The largest absolute Gasteiger partial charge is 0.324 e. The van der Waals surface area contributed by atoms with Gasteiger partial charge in [0.25, 0.3) is 0 Å². The Bertz CT molecular complexity index is 924. The summed E-state index contributed by atoms with van der Waals surface area (Å²) in [6.45, 7) is 1.16. The molecule has 134 valence electrons. The van der Waals surface area contributed by atoms with E-state index in [9.17, 15) is 4.79 Å². The predicted octanol–water partition coefficient (Wildman–Crippen LogP) is 5.70. The highest BCUT2D eigenvalue weighted by molar-refractivity contribution is 7.10. The highest BCUT2D eigenvalue weighted by atomic mass is 35.5. The monoisotopic (exact) mass is 422 g/mol. The maximum atomic E-state index is 12.7. The predicted molar refractivity (Wildman–Crippen MR) is 111 cm³/mol. The van der Waals surface area contributed by atoms with Crippen molar-refractivity contribution in [3.05, 3.63) is 72.5 Å². The molecule has 0 saturated carbocycles. The van der Waals surface area contributed by atoms with Gasteiger partial charge in [0.1, 0.15) is 0 Å². The second-order valence-corrected chi connectivity index (χ2v) is 8.85. The number of hydrogen-bond acceptors (Lipinski definition) is 4. The van der Waals surface area contributed by atoms with Gasteiger partial charge in [-0.05, 0) is 47.0 Å². The summed E-state index contributed by atoms with van der Waals surface area (Å²) in [6, 6.07) is 11.8. The molecule has 0 saturated heterocycles. The van der Waals surface area contributed by atoms with E-state index in [1.807, 2.05) is 0 Å². The first-order chi connectivity index (χ1) is 12.6. The van der Waals surface area contributed by atoms with E-state index in [0.29, 0.717) is 22.3 Å². The number of halogens is 2. The van der Waals surface area contributed by atoms with E-state index in [2.05, 4.69) is 39.2 Å². The van der Waals surface area contributed by atoms with Gasteiger partial charge in [0.15, 0.2) is 0 Å². The van der Waals surface area contributed by atoms with Crippen molar-refractivity contribution in [2.75, 3.05) is 18.4 Å². The molecule has 0 spiro atoms. The number of nitrogens with one attached hydrogen (secondary N) is 1. The van der Waals surface area contributed by atoms with Crippen molar-refractivity contribution in [1.29, 1.82) is 0 Å². The number of nitrogens with zero attached hydrogens (tertiary/aromatic N) is 1. The third-order valence-corrected chi connectivity index (χ3v) is 7.19. The van der Waals surface area contributed by atoms with E-state index in [4.69, 9.17) is 23.2 Å². The van der Waals surface area contributed by atoms with Crippen LogP contribution in [0, 0.1) is 0 Å². The molecule has 0 bridgehead atoms. The van der Waals surface area contributed by atoms with E-state index in [1.165, 1.54) is 15.3 Å². The van der Waals surface area contributed by atoms with Crippen LogP contribution >= 0.6 is 45.9 Å². The second kappa shape index (κ2) is 7.71. The quantitative estimate of drug-likeness (QED) is 0.584. The maximum Gasteiger partial charge on any atom is 0.238 e. The Kier molecular flexibility index (Phi) is 5.34. The maximum absolute atomic E-state index is 12.7. The van der Waals surface area contributed by atoms with Crippen LogP contribution in [0.1, 0.15) is 21.4 Å². The zero-order valence-electron chi connectivity index (χ0n) is 13.7. The lowest BCUT2D eigenvalue weighted by molar-refractivity contribution is -0.117. The molecule has 3 heterocycles. The molecule has 3 nitrogen and oxygen atoms in total. The van der Waals surface area contributed by atoms with E-state index in [0.717, 1.165) is 13.0 Å². The third-order valence-electron chi connectivity index (χ3n) is 4.45. The van der Waals surface area contributed by atoms with Crippen molar-refractivity contribution in [1.82, 2.24) is 4.90 Å². The van der Waals surface area contributed by atoms with Crippen LogP contribution in [0.25, 0.3) is 0 Å². The average molecular weight is 423 g/mol. The Morgan fingerprint density at radius 2 is 2.04 bits per heavy atom. The summed E-state index contributed by atoms with van der Waals surface area (Å²) in [5.41, 5.74) is 1.86. The molecule has 0 fully saturated rings. The molecule has 1 aromatic carbocycles. The van der Waals surface area contributed by atoms with Crippen LogP contribution in [0.5, 0.6) is 0 Å². The first-order valence-corrected chi connectivity index (χ1v) is 10.7. The molecule has 1 aliphatic rings. The van der Waals surface area contributed by atoms with Gasteiger partial charge in [-0.1, -0.05) is 35.3 Å². The van der Waals surface area contributed by atoms with Gasteiger partial charge in [-0.2, -0.15) is 0 Å². The van der Waals surface area contributed by atoms with Gasteiger partial charge >= 0.3 is 0 Å². The highest BCUT2D eigenvalue weighted by Crippen LogP contribution is 2.39. The van der Waals surface area contributed by atoms with Crippen molar-refractivity contribution in [3.8, 4) is 0 Å². The van der Waals surface area contributed by atoms with Crippen LogP contribution in [0.3, 0.4) is 0 Å². The number of thiophene rings is 2. The summed E-state index contributed by atoms with van der Waals surface area (Å²) in [5, 5.41) is 7.92. The minimum atomic E-state index is -0.0885. The summed E-state index contributed by atoms with van der Waals surface area (Å²) >= 11 is 15.7. The summed E-state index contributed by atoms with van der Waals surface area (Å²) in [7, 11) is 0. The van der Waals surface area contributed by atoms with E-state index in [-0.39, 0.29) is 11.9 Å². The molecule has 4 rings (SSSR count). The summed E-state index contributed by atoms with van der Waals surface area (Å²) in [4.78, 5) is 17.6. The number of hydrogen-bond donors (Lipinski definition) is 1. The second-order valence-electron chi connectivity index (χ2n) is 6.09. The van der Waals surface area contributed by atoms with Gasteiger partial charge in [0.05, 0.1) is 28.3 Å². The van der Waals surface area contributed by atoms with Crippen LogP contribution < -0.4 is 5.32 Å². The Labute approximate surface area is 170 Å². The molecule has 0 aliphatic carbocycles. The Balaban J connectivity index is 1.55. The zero-order chi connectivity index (χ0) is 18.1. The molecular formula is C19H16Cl2N2OS2. The van der Waals surface area contributed by atoms with Crippen molar-refractivity contribution in [3.63, 3.8) is 0 Å². The molecule has 3 aromatic rings. The number of carbonyl (C=O) groups excluding carboxylic acids is 1. The van der Waals surface area contributed by atoms with E-state index >= 15 is 0 Å². The lowest BCUT2D eigenvalue weighted by atomic mass is 9.98. The number of rotatable bonds is 4. The van der Waals surface area contributed by atoms with Crippen LogP contribution in [0.15, 0.2) is 47.2 Å². The number of benzene rings is 1. The highest BCUT2D eigenvalue weighted by Gasteiger charge is 2.31. The standard InChI is InChI=1S/C19H16Cl2N2OS2/c20-13-3-1-4-14(18(13)21)22-17(24)11-23-8-6-15-12(7-10-26-15)19(23)16-5-2-9-25-16/h1-5,7,9-10,19H,6,8,11H2,(H,22,24)/t19-/m1/s1. The van der Waals surface area contributed by atoms with Crippen LogP contribution in [-0.2, 0) is 11.2 Å². The fourth-order valence-corrected chi connectivity index (χ4v) is 5.42. The first kappa shape index (κ1) is 18.0. The minimum Gasteiger partial charge on any atom is -0.324 e. The van der Waals surface area contributed by atoms with Crippen molar-refractivity contribution in [2.24, 2.45) is 0 Å². The molecule has 1 atom stereocenters. The zero-order valence-corrected chi connectivity index (χ0v) is 16.9. The van der Waals surface area contributed by atoms with Gasteiger partial charge < -0.3 is 5.32 Å². The van der Waals surface area contributed by atoms with Gasteiger partial charge in [0, 0.05) is 16.3 Å². The molecule has 26 heavy (non-hydrogen) atoms. The summed E-state index contributed by atoms with van der Waals surface area (Å²) < 4.78 is 0. The summed E-state index contributed by atoms with van der Waals surface area (Å²) in [5.74, 6) is -0.0885. The minimum absolute atomic E-state index is 0.0885. The molecule has 2 aromatic heterocycles. The number of carbonyl (C=O) groups is 1. The lowest BCUT2D eigenvalue weighted by Gasteiger charge is -2.34. The molecule has 1 aliphatic heterocycles. The molecule has 0 unspecified atom stereocenters. The van der Waals surface area contributed by atoms with Crippen molar-refractivity contribution < 1.29 is 4.79 Å². The van der Waals surface area contributed by atoms with E-state index in [1.54, 1.807) is 40.9 Å². The van der Waals surface area contributed by atoms with E-state index < -0.39 is 0 Å². The molecule has 0 radical (unpaired) electrons. The fraction of sp³-hybridized carbons (Fsp3) is 0.211. The van der Waals surface area contributed by atoms with Crippen LogP contribution in [0.4, 0.5) is 5.69 Å². The Hall–Kier alpha value is -1.37. The first-order valence-electron chi connectivity index (χ1n) is 8.21. The Morgan fingerprint density at radius 3 is 2.85 bits per heavy atom. The van der Waals surface area contributed by atoms with Crippen LogP contribution in [0.2, 0.25) is 10.0 Å². The van der Waals surface area contributed by atoms with Gasteiger partial charge in [0.2, 0.25) is 5.91 Å². The summed E-state index contributed by atoms with van der Waals surface area (Å²) in [6.07, 6.45) is 0.972. The number of anilines is 1.